The Kier molecular flexibility index (Phi) is 2.93. The molecule has 0 saturated heterocycles. The summed E-state index contributed by atoms with van der Waals surface area (Å²) in [4.78, 5) is 18.7. The fourth-order valence-corrected chi connectivity index (χ4v) is 1.60. The van der Waals surface area contributed by atoms with Gasteiger partial charge in [0.2, 0.25) is 0 Å². The average molecular weight is 230 g/mol. The van der Waals surface area contributed by atoms with Crippen molar-refractivity contribution in [3.8, 4) is 11.4 Å². The zero-order valence-electron chi connectivity index (χ0n) is 9.74. The number of nitrogens with zero attached hydrogens (tertiary/aromatic N) is 1. The first kappa shape index (κ1) is 11.3. The number of imidazole rings is 1. The normalized spacial score (nSPS) is 10.3. The van der Waals surface area contributed by atoms with Crippen molar-refractivity contribution in [2.45, 2.75) is 13.8 Å². The number of amides is 1. The maximum atomic E-state index is 11.4. The number of carbonyl (C=O) groups is 1. The van der Waals surface area contributed by atoms with Gasteiger partial charge in [-0.2, -0.15) is 0 Å². The van der Waals surface area contributed by atoms with Crippen molar-refractivity contribution in [3.63, 3.8) is 0 Å². The summed E-state index contributed by atoms with van der Waals surface area (Å²) in [6, 6.07) is 7.90. The first-order valence-corrected chi connectivity index (χ1v) is 5.26. The Morgan fingerprint density at radius 1 is 1.29 bits per heavy atom. The third-order valence-corrected chi connectivity index (χ3v) is 2.56. The van der Waals surface area contributed by atoms with E-state index in [4.69, 9.17) is 5.84 Å². The van der Waals surface area contributed by atoms with Crippen molar-refractivity contribution in [1.82, 2.24) is 15.4 Å². The molecule has 0 unspecified atom stereocenters. The lowest BCUT2D eigenvalue weighted by Gasteiger charge is -1.97. The average Bonchev–Trinajstić information content (AvgIpc) is 2.71. The van der Waals surface area contributed by atoms with Crippen molar-refractivity contribution in [2.75, 3.05) is 0 Å². The number of nitrogens with two attached hydrogens (primary N) is 1. The maximum Gasteiger partial charge on any atom is 0.285 e. The van der Waals surface area contributed by atoms with Gasteiger partial charge in [0.25, 0.3) is 5.91 Å². The lowest BCUT2D eigenvalue weighted by atomic mass is 10.1. The first-order chi connectivity index (χ1) is 8.11. The second-order valence-electron chi connectivity index (χ2n) is 3.90. The van der Waals surface area contributed by atoms with Gasteiger partial charge >= 0.3 is 0 Å². The molecule has 2 rings (SSSR count). The highest BCUT2D eigenvalue weighted by molar-refractivity contribution is 5.93. The van der Waals surface area contributed by atoms with E-state index in [9.17, 15) is 4.79 Å². The Morgan fingerprint density at radius 3 is 2.53 bits per heavy atom. The van der Waals surface area contributed by atoms with Crippen molar-refractivity contribution >= 4 is 5.91 Å². The zero-order chi connectivity index (χ0) is 12.4. The third kappa shape index (κ3) is 2.19. The van der Waals surface area contributed by atoms with Crippen molar-refractivity contribution in [3.05, 3.63) is 41.2 Å². The molecule has 0 atom stereocenters. The second-order valence-corrected chi connectivity index (χ2v) is 3.90. The fourth-order valence-electron chi connectivity index (χ4n) is 1.60. The van der Waals surface area contributed by atoms with Crippen molar-refractivity contribution < 1.29 is 4.79 Å². The minimum Gasteiger partial charge on any atom is -0.341 e. The van der Waals surface area contributed by atoms with Gasteiger partial charge in [0.15, 0.2) is 5.69 Å². The van der Waals surface area contributed by atoms with Crippen molar-refractivity contribution in [2.24, 2.45) is 5.84 Å². The number of nitrogens with one attached hydrogen (secondary N) is 2. The summed E-state index contributed by atoms with van der Waals surface area (Å²) < 4.78 is 0. The maximum absolute atomic E-state index is 11.4. The van der Waals surface area contributed by atoms with Crippen LogP contribution in [0.15, 0.2) is 24.3 Å². The van der Waals surface area contributed by atoms with Crippen LogP contribution in [0.5, 0.6) is 0 Å². The topological polar surface area (TPSA) is 83.8 Å². The molecule has 1 amide bonds. The largest absolute Gasteiger partial charge is 0.341 e. The summed E-state index contributed by atoms with van der Waals surface area (Å²) in [5.41, 5.74) is 5.21. The molecule has 88 valence electrons. The Labute approximate surface area is 99.0 Å². The van der Waals surface area contributed by atoms with E-state index < -0.39 is 5.91 Å². The van der Waals surface area contributed by atoms with Gasteiger partial charge in [-0.05, 0) is 13.8 Å². The van der Waals surface area contributed by atoms with Gasteiger partial charge in [-0.1, -0.05) is 29.8 Å². The summed E-state index contributed by atoms with van der Waals surface area (Å²) in [6.45, 7) is 3.81. The van der Waals surface area contributed by atoms with Gasteiger partial charge in [-0.15, -0.1) is 0 Å². The van der Waals surface area contributed by atoms with Crippen LogP contribution in [0, 0.1) is 13.8 Å². The first-order valence-electron chi connectivity index (χ1n) is 5.26. The number of aryl methyl sites for hydroxylation is 2. The highest BCUT2D eigenvalue weighted by Gasteiger charge is 2.14. The van der Waals surface area contributed by atoms with Gasteiger partial charge in [0.05, 0.1) is 0 Å². The van der Waals surface area contributed by atoms with E-state index in [2.05, 4.69) is 15.4 Å². The smallest absolute Gasteiger partial charge is 0.285 e. The van der Waals surface area contributed by atoms with E-state index in [0.29, 0.717) is 17.2 Å². The molecule has 0 radical (unpaired) electrons. The standard InChI is InChI=1S/C12H14N4O/c1-7-3-5-9(6-4-7)11-14-8(2)10(15-11)12(17)16-13/h3-6H,13H2,1-2H3,(H,14,15)(H,16,17). The number of H-pyrrole nitrogens is 1. The number of nitrogen functional groups attached to an aromatic ring is 1. The number of hydrogen-bond acceptors (Lipinski definition) is 3. The molecular weight excluding hydrogens is 216 g/mol. The minimum absolute atomic E-state index is 0.322. The molecule has 2 aromatic rings. The van der Waals surface area contributed by atoms with Crippen LogP contribution in [-0.4, -0.2) is 15.9 Å². The molecule has 0 aliphatic carbocycles. The van der Waals surface area contributed by atoms with Crippen LogP contribution >= 0.6 is 0 Å². The van der Waals surface area contributed by atoms with Crippen LogP contribution in [0.25, 0.3) is 11.4 Å². The number of hydrazine groups is 1. The number of rotatable bonds is 2. The van der Waals surface area contributed by atoms with E-state index in [-0.39, 0.29) is 0 Å². The molecule has 0 bridgehead atoms. The molecule has 1 aromatic heterocycles. The molecule has 5 nitrogen and oxygen atoms in total. The Bertz CT molecular complexity index is 542. The SMILES string of the molecule is Cc1ccc(-c2nc(C(=O)NN)c(C)[nH]2)cc1. The zero-order valence-corrected chi connectivity index (χ0v) is 9.74. The minimum atomic E-state index is -0.392. The molecule has 5 heteroatoms. The Hall–Kier alpha value is -2.14. The van der Waals surface area contributed by atoms with Gasteiger partial charge in [0, 0.05) is 11.3 Å². The Balaban J connectivity index is 2.41. The van der Waals surface area contributed by atoms with Crippen LogP contribution in [-0.2, 0) is 0 Å². The van der Waals surface area contributed by atoms with Gasteiger partial charge in [-0.3, -0.25) is 10.2 Å². The summed E-state index contributed by atoms with van der Waals surface area (Å²) >= 11 is 0. The van der Waals surface area contributed by atoms with Gasteiger partial charge in [0.1, 0.15) is 5.82 Å². The molecule has 17 heavy (non-hydrogen) atoms. The molecule has 0 spiro atoms. The van der Waals surface area contributed by atoms with E-state index >= 15 is 0 Å². The molecule has 1 aromatic carbocycles. The molecule has 0 aliphatic heterocycles. The fraction of sp³-hybridized carbons (Fsp3) is 0.167. The van der Waals surface area contributed by atoms with Gasteiger partial charge < -0.3 is 4.98 Å². The van der Waals surface area contributed by atoms with E-state index in [1.807, 2.05) is 31.2 Å². The van der Waals surface area contributed by atoms with E-state index in [1.165, 1.54) is 5.56 Å². The predicted molar refractivity (Wildman–Crippen MR) is 65.2 cm³/mol. The number of hydrogen-bond donors (Lipinski definition) is 3. The predicted octanol–water partition coefficient (Wildman–Crippen LogP) is 1.30. The highest BCUT2D eigenvalue weighted by Crippen LogP contribution is 2.18. The number of aromatic nitrogens is 2. The van der Waals surface area contributed by atoms with E-state index in [0.717, 1.165) is 5.56 Å². The number of carbonyl (C=O) groups excluding carboxylic acids is 1. The van der Waals surface area contributed by atoms with Crippen LogP contribution in [0.2, 0.25) is 0 Å². The molecule has 0 saturated carbocycles. The van der Waals surface area contributed by atoms with Crippen LogP contribution < -0.4 is 11.3 Å². The highest BCUT2D eigenvalue weighted by atomic mass is 16.2. The third-order valence-electron chi connectivity index (χ3n) is 2.56. The quantitative estimate of drug-likeness (QED) is 0.413. The summed E-state index contributed by atoms with van der Waals surface area (Å²) in [7, 11) is 0. The monoisotopic (exact) mass is 230 g/mol. The molecule has 1 heterocycles. The van der Waals surface area contributed by atoms with E-state index in [1.54, 1.807) is 6.92 Å². The number of aromatic amines is 1. The molecule has 4 N–H and O–H groups in total. The molecule has 0 fully saturated rings. The van der Waals surface area contributed by atoms with Gasteiger partial charge in [-0.25, -0.2) is 10.8 Å². The second kappa shape index (κ2) is 4.39. The van der Waals surface area contributed by atoms with Crippen LogP contribution in [0.3, 0.4) is 0 Å². The van der Waals surface area contributed by atoms with Crippen molar-refractivity contribution in [1.29, 1.82) is 0 Å². The summed E-state index contributed by atoms with van der Waals surface area (Å²) in [5.74, 6) is 5.36. The molecular formula is C12H14N4O. The lowest BCUT2D eigenvalue weighted by molar-refractivity contribution is 0.0948. The van der Waals surface area contributed by atoms with Crippen LogP contribution in [0.1, 0.15) is 21.7 Å². The summed E-state index contributed by atoms with van der Waals surface area (Å²) in [5, 5.41) is 0. The molecule has 0 aliphatic rings. The lowest BCUT2D eigenvalue weighted by Crippen LogP contribution is -2.30. The Morgan fingerprint density at radius 2 is 1.94 bits per heavy atom. The van der Waals surface area contributed by atoms with Crippen LogP contribution in [0.4, 0.5) is 0 Å². The number of benzene rings is 1. The summed E-state index contributed by atoms with van der Waals surface area (Å²) in [6.07, 6.45) is 0.